The Balaban J connectivity index is 1.96. The van der Waals surface area contributed by atoms with Crippen molar-refractivity contribution in [2.75, 3.05) is 11.9 Å². The molecule has 0 saturated heterocycles. The van der Waals surface area contributed by atoms with Gasteiger partial charge in [-0.25, -0.2) is 0 Å². The molecule has 0 radical (unpaired) electrons. The molecule has 1 aliphatic heterocycles. The Morgan fingerprint density at radius 3 is 2.52 bits per heavy atom. The fraction of sp³-hybridized carbons (Fsp3) is 0.368. The second-order valence-electron chi connectivity index (χ2n) is 5.99. The summed E-state index contributed by atoms with van der Waals surface area (Å²) in [6.07, 6.45) is 2.40. The largest absolute Gasteiger partial charge is 0.338 e. The van der Waals surface area contributed by atoms with Crippen LogP contribution in [0.2, 0.25) is 0 Å². The Morgan fingerprint density at radius 1 is 1.10 bits per heavy atom. The van der Waals surface area contributed by atoms with Crippen LogP contribution in [-0.4, -0.2) is 13.1 Å². The lowest BCUT2D eigenvalue weighted by Gasteiger charge is -2.37. The lowest BCUT2D eigenvalue weighted by atomic mass is 9.95. The van der Waals surface area contributed by atoms with Crippen molar-refractivity contribution >= 4 is 11.4 Å². The van der Waals surface area contributed by atoms with Crippen LogP contribution in [0, 0.1) is 0 Å². The van der Waals surface area contributed by atoms with E-state index in [1.54, 1.807) is 0 Å². The zero-order valence-corrected chi connectivity index (χ0v) is 13.1. The van der Waals surface area contributed by atoms with Crippen LogP contribution in [0.3, 0.4) is 0 Å². The SMILES string of the molecule is CNC(C)c1ccc(N2c3ccccc3CCC2C)cc1. The van der Waals surface area contributed by atoms with Crippen molar-refractivity contribution in [1.29, 1.82) is 0 Å². The summed E-state index contributed by atoms with van der Waals surface area (Å²) in [4.78, 5) is 2.48. The van der Waals surface area contributed by atoms with Gasteiger partial charge in [0.25, 0.3) is 0 Å². The van der Waals surface area contributed by atoms with Gasteiger partial charge < -0.3 is 10.2 Å². The highest BCUT2D eigenvalue weighted by Crippen LogP contribution is 2.36. The highest BCUT2D eigenvalue weighted by Gasteiger charge is 2.23. The predicted octanol–water partition coefficient (Wildman–Crippen LogP) is 4.44. The zero-order chi connectivity index (χ0) is 14.8. The van der Waals surface area contributed by atoms with Gasteiger partial charge in [-0.15, -0.1) is 0 Å². The first kappa shape index (κ1) is 14.2. The monoisotopic (exact) mass is 280 g/mol. The summed E-state index contributed by atoms with van der Waals surface area (Å²) in [6.45, 7) is 4.51. The molecule has 2 atom stereocenters. The molecule has 2 aromatic rings. The van der Waals surface area contributed by atoms with Crippen LogP contribution in [0.1, 0.15) is 37.4 Å². The first-order valence-electron chi connectivity index (χ1n) is 7.85. The number of fused-ring (bicyclic) bond motifs is 1. The van der Waals surface area contributed by atoms with Crippen molar-refractivity contribution in [3.63, 3.8) is 0 Å². The molecule has 2 heteroatoms. The van der Waals surface area contributed by atoms with Gasteiger partial charge in [0.15, 0.2) is 0 Å². The van der Waals surface area contributed by atoms with Gasteiger partial charge in [-0.1, -0.05) is 30.3 Å². The fourth-order valence-electron chi connectivity index (χ4n) is 3.17. The van der Waals surface area contributed by atoms with E-state index < -0.39 is 0 Å². The number of rotatable bonds is 3. The van der Waals surface area contributed by atoms with E-state index in [0.29, 0.717) is 12.1 Å². The number of benzene rings is 2. The van der Waals surface area contributed by atoms with Gasteiger partial charge in [-0.3, -0.25) is 0 Å². The molecule has 0 amide bonds. The second-order valence-corrected chi connectivity index (χ2v) is 5.99. The van der Waals surface area contributed by atoms with Gasteiger partial charge in [-0.05, 0) is 63.1 Å². The minimum atomic E-state index is 0.394. The lowest BCUT2D eigenvalue weighted by molar-refractivity contribution is 0.617. The molecule has 1 aliphatic rings. The molecule has 0 aliphatic carbocycles. The molecule has 0 bridgehead atoms. The third-order valence-corrected chi connectivity index (χ3v) is 4.63. The van der Waals surface area contributed by atoms with Gasteiger partial charge in [-0.2, -0.15) is 0 Å². The molecule has 2 aromatic carbocycles. The van der Waals surface area contributed by atoms with E-state index in [0.717, 1.165) is 0 Å². The molecular formula is C19H24N2. The van der Waals surface area contributed by atoms with E-state index in [1.807, 2.05) is 7.05 Å². The molecule has 2 unspecified atom stereocenters. The maximum absolute atomic E-state index is 3.29. The van der Waals surface area contributed by atoms with Gasteiger partial charge >= 0.3 is 0 Å². The van der Waals surface area contributed by atoms with E-state index in [1.165, 1.54) is 35.3 Å². The summed E-state index contributed by atoms with van der Waals surface area (Å²) < 4.78 is 0. The number of anilines is 2. The minimum Gasteiger partial charge on any atom is -0.338 e. The second kappa shape index (κ2) is 5.90. The van der Waals surface area contributed by atoms with Crippen LogP contribution in [0.5, 0.6) is 0 Å². The fourth-order valence-corrected chi connectivity index (χ4v) is 3.17. The Kier molecular flexibility index (Phi) is 3.98. The number of nitrogens with zero attached hydrogens (tertiary/aromatic N) is 1. The van der Waals surface area contributed by atoms with Crippen molar-refractivity contribution in [2.24, 2.45) is 0 Å². The van der Waals surface area contributed by atoms with E-state index in [2.05, 4.69) is 72.6 Å². The van der Waals surface area contributed by atoms with Crippen LogP contribution in [0.15, 0.2) is 48.5 Å². The van der Waals surface area contributed by atoms with Gasteiger partial charge in [0.1, 0.15) is 0 Å². The summed E-state index contributed by atoms with van der Waals surface area (Å²) in [5.41, 5.74) is 5.45. The average Bonchev–Trinajstić information content (AvgIpc) is 2.54. The number of hydrogen-bond donors (Lipinski definition) is 1. The topological polar surface area (TPSA) is 15.3 Å². The standard InChI is InChI=1S/C19H24N2/c1-14-8-9-17-6-4-5-7-19(17)21(14)18-12-10-16(11-13-18)15(2)20-3/h4-7,10-15,20H,8-9H2,1-3H3. The van der Waals surface area contributed by atoms with Crippen molar-refractivity contribution < 1.29 is 0 Å². The lowest BCUT2D eigenvalue weighted by Crippen LogP contribution is -2.33. The molecule has 21 heavy (non-hydrogen) atoms. The van der Waals surface area contributed by atoms with Crippen LogP contribution in [0.25, 0.3) is 0 Å². The van der Waals surface area contributed by atoms with Crippen LogP contribution in [0.4, 0.5) is 11.4 Å². The number of para-hydroxylation sites is 1. The number of nitrogens with one attached hydrogen (secondary N) is 1. The van der Waals surface area contributed by atoms with E-state index >= 15 is 0 Å². The number of hydrogen-bond acceptors (Lipinski definition) is 2. The van der Waals surface area contributed by atoms with Crippen LogP contribution < -0.4 is 10.2 Å². The molecule has 2 nitrogen and oxygen atoms in total. The van der Waals surface area contributed by atoms with E-state index in [9.17, 15) is 0 Å². The Bertz CT molecular complexity index is 603. The molecular weight excluding hydrogens is 256 g/mol. The summed E-state index contributed by atoms with van der Waals surface area (Å²) in [5.74, 6) is 0. The average molecular weight is 280 g/mol. The van der Waals surface area contributed by atoms with Crippen molar-refractivity contribution in [2.45, 2.75) is 38.8 Å². The summed E-state index contributed by atoms with van der Waals surface area (Å²) in [6, 6.07) is 18.7. The van der Waals surface area contributed by atoms with Crippen LogP contribution in [-0.2, 0) is 6.42 Å². The Hall–Kier alpha value is -1.80. The van der Waals surface area contributed by atoms with Crippen molar-refractivity contribution in [3.05, 3.63) is 59.7 Å². The summed E-state index contributed by atoms with van der Waals surface area (Å²) in [5, 5.41) is 3.29. The van der Waals surface area contributed by atoms with E-state index in [-0.39, 0.29) is 0 Å². The third kappa shape index (κ3) is 2.68. The van der Waals surface area contributed by atoms with Crippen LogP contribution >= 0.6 is 0 Å². The first-order chi connectivity index (χ1) is 10.2. The Labute approximate surface area is 127 Å². The van der Waals surface area contributed by atoms with Gasteiger partial charge in [0, 0.05) is 23.5 Å². The maximum Gasteiger partial charge on any atom is 0.0445 e. The molecule has 1 heterocycles. The maximum atomic E-state index is 3.29. The zero-order valence-electron chi connectivity index (χ0n) is 13.1. The van der Waals surface area contributed by atoms with Gasteiger partial charge in [0.2, 0.25) is 0 Å². The first-order valence-corrected chi connectivity index (χ1v) is 7.85. The molecule has 0 aromatic heterocycles. The highest BCUT2D eigenvalue weighted by atomic mass is 15.2. The number of aryl methyl sites for hydroxylation is 1. The minimum absolute atomic E-state index is 0.394. The van der Waals surface area contributed by atoms with Gasteiger partial charge in [0.05, 0.1) is 0 Å². The normalized spacial score (nSPS) is 19.2. The molecule has 110 valence electrons. The molecule has 3 rings (SSSR count). The third-order valence-electron chi connectivity index (χ3n) is 4.63. The predicted molar refractivity (Wildman–Crippen MR) is 90.3 cm³/mol. The molecule has 0 spiro atoms. The van der Waals surface area contributed by atoms with Crippen molar-refractivity contribution in [1.82, 2.24) is 5.32 Å². The Morgan fingerprint density at radius 2 is 1.81 bits per heavy atom. The van der Waals surface area contributed by atoms with E-state index in [4.69, 9.17) is 0 Å². The highest BCUT2D eigenvalue weighted by molar-refractivity contribution is 5.68. The van der Waals surface area contributed by atoms with Crippen molar-refractivity contribution in [3.8, 4) is 0 Å². The molecule has 0 fully saturated rings. The molecule has 0 saturated carbocycles. The molecule has 1 N–H and O–H groups in total. The smallest absolute Gasteiger partial charge is 0.0445 e. The summed E-state index contributed by atoms with van der Waals surface area (Å²) >= 11 is 0. The summed E-state index contributed by atoms with van der Waals surface area (Å²) in [7, 11) is 2.00. The quantitative estimate of drug-likeness (QED) is 0.894.